The van der Waals surface area contributed by atoms with Gasteiger partial charge in [-0.1, -0.05) is 39.5 Å². The number of aliphatic hydroxyl groups is 2. The van der Waals surface area contributed by atoms with Gasteiger partial charge < -0.3 is 30.7 Å². The first-order valence-corrected chi connectivity index (χ1v) is 12.9. The molecule has 0 aliphatic carbocycles. The monoisotopic (exact) mass is 613 g/mol. The second-order valence-corrected chi connectivity index (χ2v) is 11.0. The minimum atomic E-state index is -5.05. The fourth-order valence-corrected chi connectivity index (χ4v) is 3.47. The van der Waals surface area contributed by atoms with Gasteiger partial charge in [-0.05, 0) is 17.5 Å². The Morgan fingerprint density at radius 3 is 2.47 bits per heavy atom. The molecule has 0 spiro atoms. The number of benzene rings is 1. The lowest BCUT2D eigenvalue weighted by molar-refractivity contribution is -0.386. The molecule has 3 rings (SSSR count). The molecule has 0 radical (unpaired) electrons. The lowest BCUT2D eigenvalue weighted by Crippen LogP contribution is -2.36. The third-order valence-electron chi connectivity index (χ3n) is 5.38. The van der Waals surface area contributed by atoms with Crippen molar-refractivity contribution >= 4 is 17.4 Å². The summed E-state index contributed by atoms with van der Waals surface area (Å²) < 4.78 is 48.6. The number of amides is 1. The fourth-order valence-electron chi connectivity index (χ4n) is 3.47. The van der Waals surface area contributed by atoms with Crippen molar-refractivity contribution in [1.82, 2.24) is 14.9 Å². The number of carbonyl (C=O) groups excluding carboxylic acids is 1. The van der Waals surface area contributed by atoms with E-state index < -0.39 is 54.3 Å². The van der Waals surface area contributed by atoms with Gasteiger partial charge in [-0.15, -0.1) is 0 Å². The van der Waals surface area contributed by atoms with Crippen LogP contribution in [0.25, 0.3) is 0 Å². The minimum absolute atomic E-state index is 0.0349. The van der Waals surface area contributed by atoms with Crippen molar-refractivity contribution in [2.45, 2.75) is 71.9 Å². The highest BCUT2D eigenvalue weighted by molar-refractivity contribution is 5.81. The van der Waals surface area contributed by atoms with Crippen LogP contribution in [0.15, 0.2) is 29.2 Å². The number of aromatic nitrogens is 2. The molecule has 13 nitrogen and oxygen atoms in total. The zero-order valence-electron chi connectivity index (χ0n) is 24.0. The number of anilines is 1. The molecule has 0 bridgehead atoms. The van der Waals surface area contributed by atoms with Gasteiger partial charge in [0.25, 0.3) is 5.69 Å². The van der Waals surface area contributed by atoms with Crippen LogP contribution in [0.1, 0.15) is 57.0 Å². The number of nitrogens with two attached hydrogens (primary N) is 1. The molecule has 236 valence electrons. The number of nitro groups is 1. The van der Waals surface area contributed by atoms with Gasteiger partial charge in [0.1, 0.15) is 18.1 Å². The van der Waals surface area contributed by atoms with E-state index in [1.54, 1.807) is 5.32 Å². The maximum atomic E-state index is 12.2. The molecular formula is C27H34F3N5O8. The lowest BCUT2D eigenvalue weighted by atomic mass is 10.0. The molecule has 2 unspecified atom stereocenters. The Balaban J connectivity index is 0.00000119. The molecule has 1 saturated heterocycles. The van der Waals surface area contributed by atoms with Crippen molar-refractivity contribution in [3.05, 3.63) is 61.7 Å². The number of alkyl halides is 3. The molecular weight excluding hydrogens is 579 g/mol. The van der Waals surface area contributed by atoms with Gasteiger partial charge in [0.2, 0.25) is 0 Å². The summed E-state index contributed by atoms with van der Waals surface area (Å²) in [7, 11) is 0. The number of carbonyl (C=O) groups is 1. The highest BCUT2D eigenvalue weighted by Crippen LogP contribution is 2.28. The average molecular weight is 614 g/mol. The third kappa shape index (κ3) is 11.3. The maximum absolute atomic E-state index is 12.2. The van der Waals surface area contributed by atoms with Crippen molar-refractivity contribution in [3.63, 3.8) is 0 Å². The first-order valence-electron chi connectivity index (χ1n) is 12.9. The Kier molecular flexibility index (Phi) is 12.2. The molecule has 2 heterocycles. The molecule has 1 amide bonds. The molecule has 1 fully saturated rings. The summed E-state index contributed by atoms with van der Waals surface area (Å²) in [6, 6.07) is 3.84. The zero-order chi connectivity index (χ0) is 32.5. The largest absolute Gasteiger partial charge is 0.471 e. The highest BCUT2D eigenvalue weighted by atomic mass is 19.4. The van der Waals surface area contributed by atoms with Crippen molar-refractivity contribution < 1.29 is 42.6 Å². The number of ether oxygens (including phenoxy) is 2. The van der Waals surface area contributed by atoms with Crippen molar-refractivity contribution in [3.8, 4) is 11.8 Å². The molecule has 43 heavy (non-hydrogen) atoms. The van der Waals surface area contributed by atoms with E-state index in [-0.39, 0.29) is 47.8 Å². The lowest BCUT2D eigenvalue weighted by Gasteiger charge is -2.16. The highest BCUT2D eigenvalue weighted by Gasteiger charge is 2.38. The SMILES string of the molecule is CC(C)(C)C.Nc1nc(=O)n(C2C[C@@H](O)C(CO)O2)cc1COCc1ccc(C#CCNC(=O)C(F)(F)F)cc1[N+](=O)[O-]. The number of aliphatic hydroxyl groups excluding tert-OH is 2. The summed E-state index contributed by atoms with van der Waals surface area (Å²) in [5.41, 5.74) is 5.74. The van der Waals surface area contributed by atoms with E-state index in [1.165, 1.54) is 18.3 Å². The number of nitrogens with one attached hydrogen (secondary N) is 1. The summed E-state index contributed by atoms with van der Waals surface area (Å²) in [4.78, 5) is 37.5. The van der Waals surface area contributed by atoms with E-state index in [4.69, 9.17) is 15.2 Å². The van der Waals surface area contributed by atoms with Gasteiger partial charge in [-0.25, -0.2) is 4.79 Å². The number of nitrogens with zero attached hydrogens (tertiary/aromatic N) is 3. The number of halogens is 3. The van der Waals surface area contributed by atoms with E-state index in [9.17, 15) is 43.1 Å². The fraction of sp³-hybridized carbons (Fsp3) is 0.519. The summed E-state index contributed by atoms with van der Waals surface area (Å²) in [5.74, 6) is 2.42. The summed E-state index contributed by atoms with van der Waals surface area (Å²) in [5, 5.41) is 32.2. The molecule has 3 atom stereocenters. The molecule has 5 N–H and O–H groups in total. The quantitative estimate of drug-likeness (QED) is 0.195. The van der Waals surface area contributed by atoms with Gasteiger partial charge in [0.05, 0.1) is 43.0 Å². The van der Waals surface area contributed by atoms with Gasteiger partial charge in [-0.3, -0.25) is 19.5 Å². The zero-order valence-corrected chi connectivity index (χ0v) is 24.0. The molecule has 1 aliphatic rings. The smallest absolute Gasteiger partial charge is 0.394 e. The van der Waals surface area contributed by atoms with E-state index in [0.717, 1.165) is 10.6 Å². The molecule has 1 aromatic carbocycles. The van der Waals surface area contributed by atoms with Crippen molar-refractivity contribution in [1.29, 1.82) is 0 Å². The number of nitrogen functional groups attached to an aromatic ring is 1. The number of hydrogen-bond donors (Lipinski definition) is 4. The molecule has 0 saturated carbocycles. The standard InChI is InChI=1S/C22H22F3N5O8.C5H12/c23-22(24,25)20(33)27-5-1-2-12-3-4-13(15(6-12)30(35)36)10-37-11-14-8-29(21(34)28-19(14)26)18-7-16(32)17(9-31)38-18;1-5(2,3)4/h3-4,6,8,16-18,31-32H,5,7,9-11H2,(H,27,33)(H2,26,28,34);1-4H3/t16-,17?,18?;/m1./s1. The van der Waals surface area contributed by atoms with Gasteiger partial charge >= 0.3 is 17.8 Å². The van der Waals surface area contributed by atoms with E-state index >= 15 is 0 Å². The second kappa shape index (κ2) is 14.9. The average Bonchev–Trinajstić information content (AvgIpc) is 3.26. The van der Waals surface area contributed by atoms with Crippen LogP contribution in [0, 0.1) is 27.4 Å². The van der Waals surface area contributed by atoms with Crippen LogP contribution in [0.3, 0.4) is 0 Å². The first-order chi connectivity index (χ1) is 19.9. The normalized spacial score (nSPS) is 18.2. The molecule has 1 aromatic heterocycles. The predicted octanol–water partition coefficient (Wildman–Crippen LogP) is 2.17. The topological polar surface area (TPSA) is 192 Å². The van der Waals surface area contributed by atoms with Crippen LogP contribution >= 0.6 is 0 Å². The Morgan fingerprint density at radius 2 is 1.91 bits per heavy atom. The summed E-state index contributed by atoms with van der Waals surface area (Å²) in [6.07, 6.45) is -6.43. The maximum Gasteiger partial charge on any atom is 0.471 e. The number of hydrogen-bond acceptors (Lipinski definition) is 10. The van der Waals surface area contributed by atoms with Crippen LogP contribution in [-0.2, 0) is 27.5 Å². The van der Waals surface area contributed by atoms with Crippen molar-refractivity contribution in [2.24, 2.45) is 5.41 Å². The van der Waals surface area contributed by atoms with Crippen LogP contribution < -0.4 is 16.7 Å². The number of rotatable bonds is 8. The van der Waals surface area contributed by atoms with Crippen molar-refractivity contribution in [2.75, 3.05) is 18.9 Å². The third-order valence-corrected chi connectivity index (χ3v) is 5.38. The van der Waals surface area contributed by atoms with Gasteiger partial charge in [0, 0.05) is 29.8 Å². The van der Waals surface area contributed by atoms with Crippen LogP contribution in [0.2, 0.25) is 0 Å². The van der Waals surface area contributed by atoms with E-state index in [2.05, 4.69) is 44.5 Å². The van der Waals surface area contributed by atoms with Gasteiger partial charge in [0.15, 0.2) is 0 Å². The van der Waals surface area contributed by atoms with Gasteiger partial charge in [-0.2, -0.15) is 18.2 Å². The van der Waals surface area contributed by atoms with E-state index in [1.807, 2.05) is 0 Å². The Labute approximate surface area is 245 Å². The van der Waals surface area contributed by atoms with E-state index in [0.29, 0.717) is 5.41 Å². The van der Waals surface area contributed by atoms with Crippen LogP contribution in [0.5, 0.6) is 0 Å². The van der Waals surface area contributed by atoms with Crippen LogP contribution in [0.4, 0.5) is 24.7 Å². The molecule has 16 heteroatoms. The minimum Gasteiger partial charge on any atom is -0.394 e. The first kappa shape index (κ1) is 35.2. The summed E-state index contributed by atoms with van der Waals surface area (Å²) in [6.45, 7) is 7.24. The Hall–Kier alpha value is -4.04. The second-order valence-electron chi connectivity index (χ2n) is 11.0. The van der Waals surface area contributed by atoms with Crippen LogP contribution in [-0.4, -0.2) is 62.1 Å². The molecule has 2 aromatic rings. The molecule has 1 aliphatic heterocycles. The summed E-state index contributed by atoms with van der Waals surface area (Å²) >= 11 is 0. The predicted molar refractivity (Wildman–Crippen MR) is 147 cm³/mol. The Morgan fingerprint density at radius 1 is 1.28 bits per heavy atom. The Bertz CT molecular complexity index is 1410. The number of nitro benzene ring substituents is 1.